The van der Waals surface area contributed by atoms with Crippen molar-refractivity contribution in [1.82, 2.24) is 9.55 Å². The molecule has 1 heterocycles. The van der Waals surface area contributed by atoms with E-state index in [-0.39, 0.29) is 0 Å². The van der Waals surface area contributed by atoms with Crippen molar-refractivity contribution in [3.05, 3.63) is 93.5 Å². The second-order valence-corrected chi connectivity index (χ2v) is 7.94. The maximum atomic E-state index is 8.36. The molecule has 0 bridgehead atoms. The largest absolute Gasteiger partial charge is 0.330 e. The number of ether oxygens (including phenoxy) is 1. The van der Waals surface area contributed by atoms with E-state index in [2.05, 4.69) is 36.2 Å². The number of rotatable bonds is 7. The van der Waals surface area contributed by atoms with Gasteiger partial charge in [-0.1, -0.05) is 64.8 Å². The lowest BCUT2D eigenvalue weighted by molar-refractivity contribution is -0.742. The molecule has 0 aliphatic carbocycles. The third kappa shape index (κ3) is 7.94. The molecule has 3 aromatic rings. The van der Waals surface area contributed by atoms with Crippen molar-refractivity contribution in [2.75, 3.05) is 5.94 Å². The highest BCUT2D eigenvalue weighted by Gasteiger charge is 2.30. The lowest BCUT2D eigenvalue weighted by atomic mass is 10.1. The summed E-state index contributed by atoms with van der Waals surface area (Å²) in [5, 5.41) is 13.3. The Morgan fingerprint density at radius 2 is 1.86 bits per heavy atom. The predicted molar refractivity (Wildman–Crippen MR) is 113 cm³/mol. The normalized spacial score (nSPS) is 12.5. The van der Waals surface area contributed by atoms with Crippen molar-refractivity contribution >= 4 is 35.0 Å². The van der Waals surface area contributed by atoms with E-state index in [0.29, 0.717) is 17.4 Å². The zero-order chi connectivity index (χ0) is 21.3. The number of halogens is 2. The van der Waals surface area contributed by atoms with Crippen LogP contribution in [0.1, 0.15) is 11.1 Å². The number of hydrogen-bond acceptors (Lipinski definition) is 5. The van der Waals surface area contributed by atoms with Gasteiger partial charge in [0.15, 0.2) is 0 Å². The van der Waals surface area contributed by atoms with Crippen LogP contribution in [0.2, 0.25) is 5.02 Å². The highest BCUT2D eigenvalue weighted by Crippen LogP contribution is 2.31. The number of benzene rings is 2. The number of hydrogen-bond donors (Lipinski definition) is 1. The summed E-state index contributed by atoms with van der Waals surface area (Å²) in [7, 11) is 0. The number of nitrogens with zero attached hydrogens (tertiary/aromatic N) is 3. The summed E-state index contributed by atoms with van der Waals surface area (Å²) in [5.41, 5.74) is 2.27. The molecule has 0 saturated carbocycles. The Kier molecular flexibility index (Phi) is 8.78. The van der Waals surface area contributed by atoms with Crippen molar-refractivity contribution in [3.63, 3.8) is 0 Å². The van der Waals surface area contributed by atoms with Crippen LogP contribution >= 0.6 is 35.0 Å². The van der Waals surface area contributed by atoms with E-state index < -0.39 is 10.3 Å². The fraction of sp³-hybridized carbons (Fsp3) is 0.211. The van der Waals surface area contributed by atoms with Gasteiger partial charge in [0, 0.05) is 28.7 Å². The number of imidazole rings is 1. The van der Waals surface area contributed by atoms with Crippen molar-refractivity contribution in [2.45, 2.75) is 23.4 Å². The topological polar surface area (TPSA) is 90.4 Å². The average molecular weight is 456 g/mol. The van der Waals surface area contributed by atoms with E-state index in [9.17, 15) is 0 Å². The molecule has 1 atom stereocenters. The maximum Gasteiger partial charge on any atom is 0.291 e. The standard InChI is InChI=1S/C19H18Cl2N2OS.HNO3/c1-15-2-8-18(9-3-15)25-14-24-19(21,23-11-10-22-13-23)12-16-4-6-17(20)7-5-16;2-1(3)4/h2-11,13H,12,14H2,1H3;(H,2,3,4). The van der Waals surface area contributed by atoms with Gasteiger partial charge in [-0.3, -0.25) is 4.57 Å². The monoisotopic (exact) mass is 455 g/mol. The second-order valence-electron chi connectivity index (χ2n) is 5.92. The Morgan fingerprint density at radius 3 is 2.41 bits per heavy atom. The Bertz CT molecular complexity index is 889. The molecular formula is C19H19Cl2N3O4S. The molecule has 154 valence electrons. The number of thioether (sulfide) groups is 1. The van der Waals surface area contributed by atoms with Gasteiger partial charge in [0.05, 0.1) is 6.33 Å². The van der Waals surface area contributed by atoms with Gasteiger partial charge in [-0.15, -0.1) is 10.1 Å². The molecule has 10 heteroatoms. The number of aryl methyl sites for hydroxylation is 1. The van der Waals surface area contributed by atoms with Crippen LogP contribution in [-0.2, 0) is 16.3 Å². The predicted octanol–water partition coefficient (Wildman–Crippen LogP) is 5.36. The van der Waals surface area contributed by atoms with Crippen LogP contribution in [-0.4, -0.2) is 25.8 Å². The zero-order valence-corrected chi connectivity index (χ0v) is 17.8. The fourth-order valence-electron chi connectivity index (χ4n) is 2.35. The van der Waals surface area contributed by atoms with Crippen LogP contribution in [0, 0.1) is 17.0 Å². The maximum absolute atomic E-state index is 8.36. The summed E-state index contributed by atoms with van der Waals surface area (Å²) in [6.45, 7) is 2.07. The van der Waals surface area contributed by atoms with Crippen LogP contribution in [0.4, 0.5) is 0 Å². The van der Waals surface area contributed by atoms with E-state index in [0.717, 1.165) is 10.5 Å². The summed E-state index contributed by atoms with van der Waals surface area (Å²) in [5.74, 6) is 0.429. The number of alkyl halides is 1. The Morgan fingerprint density at radius 1 is 1.24 bits per heavy atom. The second kappa shape index (κ2) is 11.1. The molecule has 1 N–H and O–H groups in total. The van der Waals surface area contributed by atoms with Crippen molar-refractivity contribution in [3.8, 4) is 0 Å². The molecule has 0 aliphatic heterocycles. The SMILES string of the molecule is Cc1ccc(SCOC(Cl)(Cc2ccc(Cl)cc2)n2ccnc2)cc1.O=[N+]([O-])O. The van der Waals surface area contributed by atoms with E-state index in [1.807, 2.05) is 24.3 Å². The number of aromatic nitrogens is 2. The van der Waals surface area contributed by atoms with Gasteiger partial charge in [-0.05, 0) is 36.8 Å². The first-order chi connectivity index (χ1) is 13.8. The minimum absolute atomic E-state index is 0.429. The lowest BCUT2D eigenvalue weighted by Gasteiger charge is -2.28. The van der Waals surface area contributed by atoms with E-state index in [1.54, 1.807) is 35.0 Å². The first kappa shape index (κ1) is 23.0. The minimum atomic E-state index is -1.50. The van der Waals surface area contributed by atoms with Crippen LogP contribution in [0.5, 0.6) is 0 Å². The van der Waals surface area contributed by atoms with E-state index in [1.165, 1.54) is 5.56 Å². The minimum Gasteiger partial charge on any atom is -0.330 e. The first-order valence-corrected chi connectivity index (χ1v) is 10.1. The Balaban J connectivity index is 0.000000687. The van der Waals surface area contributed by atoms with Gasteiger partial charge < -0.3 is 9.94 Å². The van der Waals surface area contributed by atoms with Crippen LogP contribution in [0.15, 0.2) is 72.1 Å². The van der Waals surface area contributed by atoms with Gasteiger partial charge in [0.1, 0.15) is 5.94 Å². The van der Waals surface area contributed by atoms with Crippen molar-refractivity contribution < 1.29 is 15.0 Å². The molecule has 0 fully saturated rings. The molecule has 29 heavy (non-hydrogen) atoms. The molecule has 0 spiro atoms. The molecule has 3 rings (SSSR count). The zero-order valence-electron chi connectivity index (χ0n) is 15.4. The van der Waals surface area contributed by atoms with Crippen LogP contribution in [0.25, 0.3) is 0 Å². The molecule has 2 aromatic carbocycles. The van der Waals surface area contributed by atoms with Gasteiger partial charge >= 0.3 is 0 Å². The highest BCUT2D eigenvalue weighted by molar-refractivity contribution is 7.99. The highest BCUT2D eigenvalue weighted by atomic mass is 35.5. The summed E-state index contributed by atoms with van der Waals surface area (Å²) >= 11 is 14.4. The van der Waals surface area contributed by atoms with Crippen LogP contribution in [0.3, 0.4) is 0 Å². The van der Waals surface area contributed by atoms with Gasteiger partial charge in [0.25, 0.3) is 5.09 Å². The van der Waals surface area contributed by atoms with Gasteiger partial charge in [-0.2, -0.15) is 0 Å². The Labute approximate surface area is 182 Å². The summed E-state index contributed by atoms with van der Waals surface area (Å²) < 4.78 is 7.84. The van der Waals surface area contributed by atoms with Crippen LogP contribution < -0.4 is 0 Å². The molecule has 0 saturated heterocycles. The molecule has 0 amide bonds. The Hall–Kier alpha value is -2.26. The van der Waals surface area contributed by atoms with Gasteiger partial charge in [0.2, 0.25) is 5.18 Å². The lowest BCUT2D eigenvalue weighted by Crippen LogP contribution is -2.32. The third-order valence-corrected chi connectivity index (χ3v) is 5.28. The summed E-state index contributed by atoms with van der Waals surface area (Å²) in [6.07, 6.45) is 5.66. The first-order valence-electron chi connectivity index (χ1n) is 8.37. The van der Waals surface area contributed by atoms with Gasteiger partial charge in [-0.25, -0.2) is 4.98 Å². The summed E-state index contributed by atoms with van der Waals surface area (Å²) in [4.78, 5) is 13.6. The molecule has 1 unspecified atom stereocenters. The van der Waals surface area contributed by atoms with E-state index in [4.69, 9.17) is 43.3 Å². The average Bonchev–Trinajstić information content (AvgIpc) is 3.21. The molecule has 7 nitrogen and oxygen atoms in total. The van der Waals surface area contributed by atoms with Crippen molar-refractivity contribution in [2.24, 2.45) is 0 Å². The molecule has 0 radical (unpaired) electrons. The quantitative estimate of drug-likeness (QED) is 0.169. The molecular weight excluding hydrogens is 437 g/mol. The van der Waals surface area contributed by atoms with E-state index >= 15 is 0 Å². The third-order valence-electron chi connectivity index (χ3n) is 3.75. The fourth-order valence-corrected chi connectivity index (χ4v) is 3.57. The summed E-state index contributed by atoms with van der Waals surface area (Å²) in [6, 6.07) is 15.9. The van der Waals surface area contributed by atoms with Crippen molar-refractivity contribution in [1.29, 1.82) is 0 Å². The smallest absolute Gasteiger partial charge is 0.291 e. The molecule has 0 aliphatic rings. The molecule has 1 aromatic heterocycles.